The predicted octanol–water partition coefficient (Wildman–Crippen LogP) is 3.62. The van der Waals surface area contributed by atoms with Gasteiger partial charge in [-0.2, -0.15) is 4.31 Å². The first-order valence-corrected chi connectivity index (χ1v) is 10.8. The molecule has 0 N–H and O–H groups in total. The van der Waals surface area contributed by atoms with Crippen LogP contribution in [0.1, 0.15) is 42.1 Å². The van der Waals surface area contributed by atoms with Crippen LogP contribution < -0.4 is 4.74 Å². The van der Waals surface area contributed by atoms with Crippen LogP contribution in [0, 0.1) is 0 Å². The van der Waals surface area contributed by atoms with Gasteiger partial charge in [0.2, 0.25) is 10.0 Å². The summed E-state index contributed by atoms with van der Waals surface area (Å²) in [7, 11) is -2.36. The van der Waals surface area contributed by atoms with Gasteiger partial charge in [0.1, 0.15) is 17.3 Å². The average molecular weight is 404 g/mol. The zero-order valence-electron chi connectivity index (χ0n) is 16.1. The Morgan fingerprint density at radius 1 is 1.14 bits per heavy atom. The van der Waals surface area contributed by atoms with Crippen molar-refractivity contribution in [1.82, 2.24) is 4.31 Å². The third-order valence-electron chi connectivity index (χ3n) is 4.94. The monoisotopic (exact) mass is 403 g/mol. The van der Waals surface area contributed by atoms with E-state index in [1.807, 2.05) is 37.3 Å². The number of piperidine rings is 1. The predicted molar refractivity (Wildman–Crippen MR) is 106 cm³/mol. The molecule has 0 amide bonds. The third-order valence-corrected chi connectivity index (χ3v) is 6.98. The van der Waals surface area contributed by atoms with Gasteiger partial charge in [-0.3, -0.25) is 0 Å². The van der Waals surface area contributed by atoms with Crippen LogP contribution in [0.15, 0.2) is 53.4 Å². The van der Waals surface area contributed by atoms with Crippen molar-refractivity contribution < 1.29 is 22.7 Å². The second-order valence-corrected chi connectivity index (χ2v) is 8.75. The normalized spacial score (nSPS) is 17.9. The zero-order valence-corrected chi connectivity index (χ0v) is 16.9. The Morgan fingerprint density at radius 2 is 1.89 bits per heavy atom. The van der Waals surface area contributed by atoms with Crippen LogP contribution in [0.25, 0.3) is 0 Å². The van der Waals surface area contributed by atoms with E-state index in [0.29, 0.717) is 6.54 Å². The molecule has 0 spiro atoms. The van der Waals surface area contributed by atoms with Gasteiger partial charge in [0.15, 0.2) is 0 Å². The molecule has 28 heavy (non-hydrogen) atoms. The zero-order chi connectivity index (χ0) is 20.1. The highest BCUT2D eigenvalue weighted by Gasteiger charge is 2.33. The Balaban J connectivity index is 1.86. The first-order valence-electron chi connectivity index (χ1n) is 9.34. The molecule has 0 saturated carbocycles. The number of carbonyl (C=O) groups excluding carboxylic acids is 1. The van der Waals surface area contributed by atoms with E-state index in [9.17, 15) is 13.2 Å². The van der Waals surface area contributed by atoms with Crippen molar-refractivity contribution in [3.8, 4) is 5.75 Å². The summed E-state index contributed by atoms with van der Waals surface area (Å²) in [6.45, 7) is 2.49. The summed E-state index contributed by atoms with van der Waals surface area (Å²) in [5.41, 5.74) is 1.04. The van der Waals surface area contributed by atoms with Crippen LogP contribution >= 0.6 is 0 Å². The highest BCUT2D eigenvalue weighted by Crippen LogP contribution is 2.31. The second-order valence-electron chi connectivity index (χ2n) is 6.89. The van der Waals surface area contributed by atoms with Crippen molar-refractivity contribution in [3.05, 3.63) is 59.7 Å². The molecule has 0 unspecified atom stereocenters. The summed E-state index contributed by atoms with van der Waals surface area (Å²) in [6, 6.07) is 13.6. The first kappa shape index (κ1) is 20.4. The molecule has 0 aliphatic carbocycles. The fraction of sp³-hybridized carbons (Fsp3) is 0.381. The molecule has 1 atom stereocenters. The van der Waals surface area contributed by atoms with Gasteiger partial charge in [-0.15, -0.1) is 0 Å². The smallest absolute Gasteiger partial charge is 0.338 e. The van der Waals surface area contributed by atoms with Crippen LogP contribution in [0.3, 0.4) is 0 Å². The number of hydrogen-bond acceptors (Lipinski definition) is 5. The van der Waals surface area contributed by atoms with Gasteiger partial charge in [0, 0.05) is 12.6 Å². The molecule has 3 rings (SSSR count). The Labute approximate surface area is 166 Å². The minimum atomic E-state index is -3.78. The summed E-state index contributed by atoms with van der Waals surface area (Å²) in [4.78, 5) is 12.5. The fourth-order valence-electron chi connectivity index (χ4n) is 3.37. The quantitative estimate of drug-likeness (QED) is 0.689. The number of ether oxygens (including phenoxy) is 2. The molecule has 1 fully saturated rings. The lowest BCUT2D eigenvalue weighted by atomic mass is 10.1. The van der Waals surface area contributed by atoms with Crippen molar-refractivity contribution in [2.24, 2.45) is 0 Å². The van der Waals surface area contributed by atoms with Gasteiger partial charge in [-0.05, 0) is 43.5 Å². The van der Waals surface area contributed by atoms with Gasteiger partial charge < -0.3 is 9.47 Å². The SMILES string of the molecule is COc1ccc(C(=O)OCc2ccccc2)cc1S(=O)(=O)N1CCCC[C@@H]1C. The maximum Gasteiger partial charge on any atom is 0.338 e. The van der Waals surface area contributed by atoms with Crippen LogP contribution in [0.5, 0.6) is 5.75 Å². The molecular weight excluding hydrogens is 378 g/mol. The topological polar surface area (TPSA) is 72.9 Å². The van der Waals surface area contributed by atoms with Gasteiger partial charge >= 0.3 is 5.97 Å². The van der Waals surface area contributed by atoms with Gasteiger partial charge in [0.05, 0.1) is 12.7 Å². The minimum Gasteiger partial charge on any atom is -0.495 e. The maximum atomic E-state index is 13.2. The van der Waals surface area contributed by atoms with Crippen molar-refractivity contribution >= 4 is 16.0 Å². The fourth-order valence-corrected chi connectivity index (χ4v) is 5.25. The summed E-state index contributed by atoms with van der Waals surface area (Å²) in [5.74, 6) is -0.355. The van der Waals surface area contributed by atoms with Crippen LogP contribution in [0.2, 0.25) is 0 Å². The van der Waals surface area contributed by atoms with E-state index in [4.69, 9.17) is 9.47 Å². The number of sulfonamides is 1. The van der Waals surface area contributed by atoms with E-state index in [-0.39, 0.29) is 28.9 Å². The summed E-state index contributed by atoms with van der Waals surface area (Å²) in [6.07, 6.45) is 2.65. The average Bonchev–Trinajstić information content (AvgIpc) is 2.72. The highest BCUT2D eigenvalue weighted by atomic mass is 32.2. The van der Waals surface area contributed by atoms with E-state index in [1.165, 1.54) is 29.6 Å². The molecule has 1 saturated heterocycles. The van der Waals surface area contributed by atoms with E-state index in [1.54, 1.807) is 0 Å². The largest absolute Gasteiger partial charge is 0.495 e. The first-order chi connectivity index (χ1) is 13.4. The molecule has 1 aliphatic rings. The molecule has 1 aliphatic heterocycles. The van der Waals surface area contributed by atoms with E-state index < -0.39 is 16.0 Å². The van der Waals surface area contributed by atoms with Crippen LogP contribution in [0.4, 0.5) is 0 Å². The number of methoxy groups -OCH3 is 1. The molecule has 0 radical (unpaired) electrons. The molecule has 2 aromatic carbocycles. The number of carbonyl (C=O) groups is 1. The molecule has 2 aromatic rings. The third kappa shape index (κ3) is 4.36. The maximum absolute atomic E-state index is 13.2. The Hall–Kier alpha value is -2.38. The molecule has 1 heterocycles. The highest BCUT2D eigenvalue weighted by molar-refractivity contribution is 7.89. The summed E-state index contributed by atoms with van der Waals surface area (Å²) in [5, 5.41) is 0. The molecule has 0 bridgehead atoms. The van der Waals surface area contributed by atoms with Crippen LogP contribution in [-0.4, -0.2) is 38.4 Å². The van der Waals surface area contributed by atoms with Gasteiger partial charge in [-0.25, -0.2) is 13.2 Å². The molecule has 150 valence electrons. The number of benzene rings is 2. The molecule has 6 nitrogen and oxygen atoms in total. The lowest BCUT2D eigenvalue weighted by Crippen LogP contribution is -2.42. The van der Waals surface area contributed by atoms with E-state index in [0.717, 1.165) is 24.8 Å². The Morgan fingerprint density at radius 3 is 2.57 bits per heavy atom. The number of nitrogens with zero attached hydrogens (tertiary/aromatic N) is 1. The Kier molecular flexibility index (Phi) is 6.36. The Bertz CT molecular complexity index is 927. The second kappa shape index (κ2) is 8.75. The minimum absolute atomic E-state index is 0.00193. The van der Waals surface area contributed by atoms with Gasteiger partial charge in [0.25, 0.3) is 0 Å². The number of rotatable bonds is 6. The van der Waals surface area contributed by atoms with Crippen molar-refractivity contribution in [3.63, 3.8) is 0 Å². The van der Waals surface area contributed by atoms with E-state index in [2.05, 4.69) is 0 Å². The lowest BCUT2D eigenvalue weighted by Gasteiger charge is -2.32. The number of hydrogen-bond donors (Lipinski definition) is 0. The summed E-state index contributed by atoms with van der Waals surface area (Å²) >= 11 is 0. The summed E-state index contributed by atoms with van der Waals surface area (Å²) < 4.78 is 38.5. The molecule has 0 aromatic heterocycles. The standard InChI is InChI=1S/C21H25NO5S/c1-16-8-6-7-13-22(16)28(24,25)20-14-18(11-12-19(20)26-2)21(23)27-15-17-9-4-3-5-10-17/h3-5,9-12,14,16H,6-8,13,15H2,1-2H3/t16-/m0/s1. The van der Waals surface area contributed by atoms with Crippen molar-refractivity contribution in [2.45, 2.75) is 43.7 Å². The van der Waals surface area contributed by atoms with E-state index >= 15 is 0 Å². The molecular formula is C21H25NO5S. The van der Waals surface area contributed by atoms with Crippen LogP contribution in [-0.2, 0) is 21.4 Å². The lowest BCUT2D eigenvalue weighted by molar-refractivity contribution is 0.0472. The van der Waals surface area contributed by atoms with Crippen molar-refractivity contribution in [1.29, 1.82) is 0 Å². The number of esters is 1. The van der Waals surface area contributed by atoms with Crippen molar-refractivity contribution in [2.75, 3.05) is 13.7 Å². The molecule has 7 heteroatoms. The van der Waals surface area contributed by atoms with Gasteiger partial charge in [-0.1, -0.05) is 36.8 Å².